The molecule has 2 aromatic rings. The molecule has 1 aromatic heterocycles. The van der Waals surface area contributed by atoms with E-state index in [-0.39, 0.29) is 29.7 Å². The number of amides is 2. The molecule has 0 N–H and O–H groups in total. The molecule has 5 rings (SSSR count). The molecule has 3 atom stereocenters. The van der Waals surface area contributed by atoms with Crippen LogP contribution >= 0.6 is 0 Å². The van der Waals surface area contributed by atoms with E-state index in [4.69, 9.17) is 4.74 Å². The van der Waals surface area contributed by atoms with Gasteiger partial charge >= 0.3 is 0 Å². The van der Waals surface area contributed by atoms with Gasteiger partial charge in [-0.15, -0.1) is 0 Å². The molecule has 2 amide bonds. The second-order valence-electron chi connectivity index (χ2n) is 9.37. The van der Waals surface area contributed by atoms with Crippen LogP contribution in [-0.2, 0) is 4.79 Å². The Morgan fingerprint density at radius 1 is 1.06 bits per heavy atom. The van der Waals surface area contributed by atoms with Crippen LogP contribution in [-0.4, -0.2) is 59.4 Å². The first kappa shape index (κ1) is 21.0. The van der Waals surface area contributed by atoms with Crippen molar-refractivity contribution in [1.82, 2.24) is 14.8 Å². The van der Waals surface area contributed by atoms with Crippen molar-refractivity contribution in [2.45, 2.75) is 44.1 Å². The number of aromatic nitrogens is 1. The Bertz CT molecular complexity index is 973. The van der Waals surface area contributed by atoms with Crippen LogP contribution in [0, 0.1) is 11.8 Å². The van der Waals surface area contributed by atoms with Crippen LogP contribution in [0.25, 0.3) is 0 Å². The van der Waals surface area contributed by atoms with Gasteiger partial charge < -0.3 is 14.5 Å². The molecular weight excluding hydrogens is 402 g/mol. The number of benzene rings is 1. The molecule has 3 aliphatic rings. The summed E-state index contributed by atoms with van der Waals surface area (Å²) < 4.78 is 5.47. The number of rotatable bonds is 4. The van der Waals surface area contributed by atoms with Crippen LogP contribution in [0.2, 0.25) is 0 Å². The molecule has 2 aliphatic heterocycles. The molecule has 0 bridgehead atoms. The van der Waals surface area contributed by atoms with Crippen molar-refractivity contribution in [1.29, 1.82) is 0 Å². The molecule has 2 saturated heterocycles. The number of hydrogen-bond donors (Lipinski definition) is 0. The normalized spacial score (nSPS) is 25.6. The minimum atomic E-state index is 0.0292. The monoisotopic (exact) mass is 433 g/mol. The third-order valence-corrected chi connectivity index (χ3v) is 7.64. The van der Waals surface area contributed by atoms with Crippen LogP contribution < -0.4 is 4.74 Å². The van der Waals surface area contributed by atoms with Crippen LogP contribution in [0.3, 0.4) is 0 Å². The number of fused-ring (bicyclic) bond motifs is 1. The van der Waals surface area contributed by atoms with E-state index >= 15 is 0 Å². The third-order valence-electron chi connectivity index (χ3n) is 7.64. The van der Waals surface area contributed by atoms with E-state index in [0.717, 1.165) is 44.4 Å². The van der Waals surface area contributed by atoms with Crippen molar-refractivity contribution in [3.05, 3.63) is 59.9 Å². The number of likely N-dealkylation sites (tertiary alicyclic amines) is 2. The van der Waals surface area contributed by atoms with Crippen molar-refractivity contribution in [3.8, 4) is 5.75 Å². The van der Waals surface area contributed by atoms with E-state index in [1.54, 1.807) is 25.6 Å². The Hall–Kier alpha value is -2.89. The fourth-order valence-corrected chi connectivity index (χ4v) is 5.98. The summed E-state index contributed by atoms with van der Waals surface area (Å²) in [5.74, 6) is 1.79. The number of piperidine rings is 1. The van der Waals surface area contributed by atoms with E-state index < -0.39 is 0 Å². The first-order valence-corrected chi connectivity index (χ1v) is 11.8. The van der Waals surface area contributed by atoms with E-state index in [9.17, 15) is 9.59 Å². The van der Waals surface area contributed by atoms with Crippen LogP contribution in [0.5, 0.6) is 5.75 Å². The highest BCUT2D eigenvalue weighted by Crippen LogP contribution is 2.44. The van der Waals surface area contributed by atoms with E-state index in [0.29, 0.717) is 24.6 Å². The molecule has 168 valence electrons. The molecule has 0 spiro atoms. The van der Waals surface area contributed by atoms with Gasteiger partial charge in [0.15, 0.2) is 0 Å². The maximum absolute atomic E-state index is 13.5. The summed E-state index contributed by atoms with van der Waals surface area (Å²) in [7, 11) is 1.68. The fourth-order valence-electron chi connectivity index (χ4n) is 5.98. The lowest BCUT2D eigenvalue weighted by molar-refractivity contribution is -0.137. The first-order valence-electron chi connectivity index (χ1n) is 11.8. The second kappa shape index (κ2) is 8.93. The summed E-state index contributed by atoms with van der Waals surface area (Å²) in [4.78, 5) is 34.8. The first-order chi connectivity index (χ1) is 15.7. The van der Waals surface area contributed by atoms with E-state index in [1.165, 1.54) is 5.56 Å². The van der Waals surface area contributed by atoms with Gasteiger partial charge in [0.1, 0.15) is 5.75 Å². The predicted molar refractivity (Wildman–Crippen MR) is 121 cm³/mol. The topological polar surface area (TPSA) is 62.7 Å². The lowest BCUT2D eigenvalue weighted by Crippen LogP contribution is -2.50. The SMILES string of the molecule is COc1cccc([C@H]2CN(C(=O)C3CCCC3)[C@@H]3CCN(C(=O)c4cccnc4)C[C@H]23)c1. The van der Waals surface area contributed by atoms with Crippen molar-refractivity contribution < 1.29 is 14.3 Å². The highest BCUT2D eigenvalue weighted by molar-refractivity contribution is 5.94. The average Bonchev–Trinajstić information content (AvgIpc) is 3.52. The molecule has 3 fully saturated rings. The zero-order chi connectivity index (χ0) is 22.1. The lowest BCUT2D eigenvalue weighted by atomic mass is 9.81. The van der Waals surface area contributed by atoms with Gasteiger partial charge in [-0.1, -0.05) is 25.0 Å². The van der Waals surface area contributed by atoms with Crippen molar-refractivity contribution >= 4 is 11.8 Å². The van der Waals surface area contributed by atoms with Crippen molar-refractivity contribution in [3.63, 3.8) is 0 Å². The standard InChI is InChI=1S/C26H31N3O3/c1-32-21-10-4-8-19(14-21)22-17-29(26(31)18-6-2-3-7-18)24-11-13-28(16-23(22)24)25(30)20-9-5-12-27-15-20/h4-5,8-10,12,14-15,18,22-24H,2-3,6-7,11,13,16-17H2,1H3/t22-,23-,24-/m1/s1. The molecule has 32 heavy (non-hydrogen) atoms. The summed E-state index contributed by atoms with van der Waals surface area (Å²) in [5.41, 5.74) is 1.82. The van der Waals surface area contributed by atoms with Crippen LogP contribution in [0.15, 0.2) is 48.8 Å². The fraction of sp³-hybridized carbons (Fsp3) is 0.500. The van der Waals surface area contributed by atoms with Gasteiger partial charge in [0.25, 0.3) is 5.91 Å². The molecule has 1 saturated carbocycles. The Labute approximate surface area is 189 Å². The van der Waals surface area contributed by atoms with Gasteiger partial charge in [0.2, 0.25) is 5.91 Å². The number of hydrogen-bond acceptors (Lipinski definition) is 4. The molecular formula is C26H31N3O3. The molecule has 0 unspecified atom stereocenters. The summed E-state index contributed by atoms with van der Waals surface area (Å²) in [6.45, 7) is 2.07. The molecule has 3 heterocycles. The number of pyridine rings is 1. The third kappa shape index (κ3) is 3.87. The number of ether oxygens (including phenoxy) is 1. The Balaban J connectivity index is 1.42. The van der Waals surface area contributed by atoms with E-state index in [1.807, 2.05) is 23.1 Å². The quantitative estimate of drug-likeness (QED) is 0.737. The summed E-state index contributed by atoms with van der Waals surface area (Å²) in [6, 6.07) is 12.0. The van der Waals surface area contributed by atoms with E-state index in [2.05, 4.69) is 22.0 Å². The Morgan fingerprint density at radius 3 is 2.66 bits per heavy atom. The minimum Gasteiger partial charge on any atom is -0.497 e. The average molecular weight is 434 g/mol. The predicted octanol–water partition coefficient (Wildman–Crippen LogP) is 3.74. The smallest absolute Gasteiger partial charge is 0.255 e. The zero-order valence-electron chi connectivity index (χ0n) is 18.7. The molecule has 6 heteroatoms. The lowest BCUT2D eigenvalue weighted by Gasteiger charge is -2.39. The molecule has 1 aliphatic carbocycles. The largest absolute Gasteiger partial charge is 0.497 e. The van der Waals surface area contributed by atoms with Gasteiger partial charge in [-0.2, -0.15) is 0 Å². The highest BCUT2D eigenvalue weighted by atomic mass is 16.5. The molecule has 0 radical (unpaired) electrons. The summed E-state index contributed by atoms with van der Waals surface area (Å²) >= 11 is 0. The number of carbonyl (C=O) groups is 2. The Morgan fingerprint density at radius 2 is 1.91 bits per heavy atom. The summed E-state index contributed by atoms with van der Waals surface area (Å²) in [5, 5.41) is 0. The number of carbonyl (C=O) groups excluding carboxylic acids is 2. The van der Waals surface area contributed by atoms with Crippen molar-refractivity contribution in [2.75, 3.05) is 26.7 Å². The summed E-state index contributed by atoms with van der Waals surface area (Å²) in [6.07, 6.45) is 8.50. The highest BCUT2D eigenvalue weighted by Gasteiger charge is 2.48. The van der Waals surface area contributed by atoms with Gasteiger partial charge in [-0.25, -0.2) is 0 Å². The van der Waals surface area contributed by atoms with Gasteiger partial charge in [0, 0.05) is 55.8 Å². The van der Waals surface area contributed by atoms with Gasteiger partial charge in [0.05, 0.1) is 12.7 Å². The van der Waals surface area contributed by atoms with Crippen molar-refractivity contribution in [2.24, 2.45) is 11.8 Å². The number of nitrogens with zero attached hydrogens (tertiary/aromatic N) is 3. The minimum absolute atomic E-state index is 0.0292. The Kier molecular flexibility index (Phi) is 5.85. The maximum atomic E-state index is 13.5. The van der Waals surface area contributed by atoms with Crippen LogP contribution in [0.4, 0.5) is 0 Å². The second-order valence-corrected chi connectivity index (χ2v) is 9.37. The van der Waals surface area contributed by atoms with Gasteiger partial charge in [-0.05, 0) is 49.1 Å². The number of methoxy groups -OCH3 is 1. The molecule has 1 aromatic carbocycles. The molecule has 6 nitrogen and oxygen atoms in total. The zero-order valence-corrected chi connectivity index (χ0v) is 18.7. The van der Waals surface area contributed by atoms with Gasteiger partial charge in [-0.3, -0.25) is 14.6 Å². The maximum Gasteiger partial charge on any atom is 0.255 e. The van der Waals surface area contributed by atoms with Crippen LogP contribution in [0.1, 0.15) is 53.9 Å².